The summed E-state index contributed by atoms with van der Waals surface area (Å²) in [7, 11) is 1.39. The van der Waals surface area contributed by atoms with Crippen LogP contribution < -0.4 is 0 Å². The largest absolute Gasteiger partial charge is 0.469 e. The van der Waals surface area contributed by atoms with Gasteiger partial charge in [-0.15, -0.1) is 11.8 Å². The molecule has 1 atom stereocenters. The molecule has 1 unspecified atom stereocenters. The molecule has 0 saturated carbocycles. The maximum Gasteiger partial charge on any atom is 0.306 e. The zero-order valence-corrected chi connectivity index (χ0v) is 10.1. The van der Waals surface area contributed by atoms with Gasteiger partial charge in [-0.05, 0) is 12.1 Å². The van der Waals surface area contributed by atoms with Crippen LogP contribution in [0.4, 0.5) is 0 Å². The van der Waals surface area contributed by atoms with E-state index in [1.54, 1.807) is 12.3 Å². The molecule has 1 heterocycles. The van der Waals surface area contributed by atoms with Gasteiger partial charge in [0.15, 0.2) is 0 Å². The van der Waals surface area contributed by atoms with Gasteiger partial charge in [0.2, 0.25) is 0 Å². The number of methoxy groups -OCH3 is 1. The molecule has 0 bridgehead atoms. The average Bonchev–Trinajstić information content (AvgIpc) is 2.21. The smallest absolute Gasteiger partial charge is 0.306 e. The van der Waals surface area contributed by atoms with Gasteiger partial charge in [-0.2, -0.15) is 0 Å². The molecular formula is C10H12ClNO2S. The second-order valence-electron chi connectivity index (χ2n) is 3.02. The Morgan fingerprint density at radius 3 is 2.93 bits per heavy atom. The number of carbonyl (C=O) groups excluding carboxylic acids is 1. The zero-order chi connectivity index (χ0) is 11.3. The van der Waals surface area contributed by atoms with Crippen molar-refractivity contribution in [1.82, 2.24) is 4.98 Å². The van der Waals surface area contributed by atoms with Gasteiger partial charge in [-0.3, -0.25) is 4.79 Å². The fourth-order valence-corrected chi connectivity index (χ4v) is 2.00. The highest BCUT2D eigenvalue weighted by atomic mass is 35.5. The predicted molar refractivity (Wildman–Crippen MR) is 61.2 cm³/mol. The lowest BCUT2D eigenvalue weighted by molar-refractivity contribution is -0.140. The maximum atomic E-state index is 11.0. The van der Waals surface area contributed by atoms with Crippen molar-refractivity contribution in [2.45, 2.75) is 23.6 Å². The summed E-state index contributed by atoms with van der Waals surface area (Å²) in [6.07, 6.45) is 1.97. The first-order valence-electron chi connectivity index (χ1n) is 4.47. The van der Waals surface area contributed by atoms with E-state index >= 15 is 0 Å². The lowest BCUT2D eigenvalue weighted by atomic mass is 10.3. The Bertz CT molecular complexity index is 329. The van der Waals surface area contributed by atoms with Crippen LogP contribution in [0.1, 0.15) is 13.3 Å². The van der Waals surface area contributed by atoms with E-state index in [1.807, 2.05) is 13.0 Å². The molecule has 0 fully saturated rings. The number of pyridine rings is 1. The highest BCUT2D eigenvalue weighted by Gasteiger charge is 2.10. The SMILES string of the molecule is COC(=O)CC(C)Sc1ccc(Cl)cn1. The van der Waals surface area contributed by atoms with E-state index in [9.17, 15) is 4.79 Å². The van der Waals surface area contributed by atoms with E-state index in [4.69, 9.17) is 11.6 Å². The third-order valence-corrected chi connectivity index (χ3v) is 2.98. The summed E-state index contributed by atoms with van der Waals surface area (Å²) in [5.74, 6) is -0.205. The molecule has 0 radical (unpaired) electrons. The summed E-state index contributed by atoms with van der Waals surface area (Å²) < 4.78 is 4.58. The number of rotatable bonds is 4. The lowest BCUT2D eigenvalue weighted by Crippen LogP contribution is -2.08. The molecule has 1 aromatic heterocycles. The number of esters is 1. The topological polar surface area (TPSA) is 39.2 Å². The van der Waals surface area contributed by atoms with Crippen LogP contribution in [0.15, 0.2) is 23.4 Å². The first-order chi connectivity index (χ1) is 7.11. The van der Waals surface area contributed by atoms with Gasteiger partial charge in [0.05, 0.1) is 23.6 Å². The van der Waals surface area contributed by atoms with Crippen molar-refractivity contribution in [3.05, 3.63) is 23.4 Å². The van der Waals surface area contributed by atoms with E-state index < -0.39 is 0 Å². The quantitative estimate of drug-likeness (QED) is 0.604. The molecule has 1 rings (SSSR count). The van der Waals surface area contributed by atoms with Crippen molar-refractivity contribution in [1.29, 1.82) is 0 Å². The minimum absolute atomic E-state index is 0.145. The highest BCUT2D eigenvalue weighted by molar-refractivity contribution is 7.99. The van der Waals surface area contributed by atoms with Crippen molar-refractivity contribution >= 4 is 29.3 Å². The highest BCUT2D eigenvalue weighted by Crippen LogP contribution is 2.24. The van der Waals surface area contributed by atoms with Crippen molar-refractivity contribution in [2.24, 2.45) is 0 Å². The number of hydrogen-bond acceptors (Lipinski definition) is 4. The van der Waals surface area contributed by atoms with Crippen molar-refractivity contribution < 1.29 is 9.53 Å². The van der Waals surface area contributed by atoms with Crippen molar-refractivity contribution in [2.75, 3.05) is 7.11 Å². The molecule has 3 nitrogen and oxygen atoms in total. The summed E-state index contributed by atoms with van der Waals surface area (Å²) >= 11 is 7.23. The average molecular weight is 246 g/mol. The van der Waals surface area contributed by atoms with Gasteiger partial charge in [-0.1, -0.05) is 18.5 Å². The molecule has 82 valence electrons. The van der Waals surface area contributed by atoms with E-state index in [-0.39, 0.29) is 11.2 Å². The summed E-state index contributed by atoms with van der Waals surface area (Å²) in [6, 6.07) is 3.61. The summed E-state index contributed by atoms with van der Waals surface area (Å²) in [5, 5.41) is 1.61. The molecule has 0 aliphatic heterocycles. The van der Waals surface area contributed by atoms with E-state index in [2.05, 4.69) is 9.72 Å². The van der Waals surface area contributed by atoms with Crippen LogP contribution in [0.5, 0.6) is 0 Å². The van der Waals surface area contributed by atoms with Crippen LogP contribution in [0.3, 0.4) is 0 Å². The first-order valence-corrected chi connectivity index (χ1v) is 5.72. The summed E-state index contributed by atoms with van der Waals surface area (Å²) in [6.45, 7) is 1.96. The predicted octanol–water partition coefficient (Wildman–Crippen LogP) is 2.78. The molecule has 0 aliphatic carbocycles. The van der Waals surface area contributed by atoms with Gasteiger partial charge in [0.25, 0.3) is 0 Å². The Hall–Kier alpha value is -0.740. The molecule has 0 saturated heterocycles. The Labute approximate surface area is 98.2 Å². The number of nitrogens with zero attached hydrogens (tertiary/aromatic N) is 1. The number of thioether (sulfide) groups is 1. The van der Waals surface area contributed by atoms with Crippen LogP contribution in [0, 0.1) is 0 Å². The molecule has 0 amide bonds. The third kappa shape index (κ3) is 4.53. The van der Waals surface area contributed by atoms with Crippen LogP contribution in [-0.4, -0.2) is 23.3 Å². The Kier molecular flexibility index (Phi) is 4.91. The summed E-state index contributed by atoms with van der Waals surface area (Å²) in [4.78, 5) is 15.1. The monoisotopic (exact) mass is 245 g/mol. The molecule has 5 heteroatoms. The van der Waals surface area contributed by atoms with Crippen molar-refractivity contribution in [3.8, 4) is 0 Å². The number of aromatic nitrogens is 1. The lowest BCUT2D eigenvalue weighted by Gasteiger charge is -2.08. The van der Waals surface area contributed by atoms with E-state index in [0.29, 0.717) is 11.4 Å². The fourth-order valence-electron chi connectivity index (χ4n) is 0.998. The maximum absolute atomic E-state index is 11.0. The Morgan fingerprint density at radius 1 is 1.67 bits per heavy atom. The number of halogens is 1. The number of ether oxygens (including phenoxy) is 1. The Balaban J connectivity index is 2.47. The van der Waals surface area contributed by atoms with E-state index in [1.165, 1.54) is 18.9 Å². The minimum Gasteiger partial charge on any atom is -0.469 e. The van der Waals surface area contributed by atoms with Gasteiger partial charge in [-0.25, -0.2) is 4.98 Å². The van der Waals surface area contributed by atoms with Gasteiger partial charge in [0.1, 0.15) is 0 Å². The first kappa shape index (κ1) is 12.3. The molecule has 0 N–H and O–H groups in total. The Morgan fingerprint density at radius 2 is 2.40 bits per heavy atom. The van der Waals surface area contributed by atoms with Gasteiger partial charge in [0, 0.05) is 11.4 Å². The van der Waals surface area contributed by atoms with Crippen molar-refractivity contribution in [3.63, 3.8) is 0 Å². The van der Waals surface area contributed by atoms with Gasteiger partial charge < -0.3 is 4.74 Å². The second kappa shape index (κ2) is 5.98. The fraction of sp³-hybridized carbons (Fsp3) is 0.400. The number of hydrogen-bond donors (Lipinski definition) is 0. The minimum atomic E-state index is -0.205. The van der Waals surface area contributed by atoms with Gasteiger partial charge >= 0.3 is 5.97 Å². The number of carbonyl (C=O) groups is 1. The standard InChI is InChI=1S/C10H12ClNO2S/c1-7(5-10(13)14-2)15-9-4-3-8(11)6-12-9/h3-4,6-7H,5H2,1-2H3. The van der Waals surface area contributed by atoms with Crippen LogP contribution in [-0.2, 0) is 9.53 Å². The van der Waals surface area contributed by atoms with Crippen LogP contribution in [0.25, 0.3) is 0 Å². The van der Waals surface area contributed by atoms with E-state index in [0.717, 1.165) is 5.03 Å². The second-order valence-corrected chi connectivity index (χ2v) is 4.92. The molecule has 0 aromatic carbocycles. The normalized spacial score (nSPS) is 12.2. The zero-order valence-electron chi connectivity index (χ0n) is 8.57. The van der Waals surface area contributed by atoms with Crippen LogP contribution >= 0.6 is 23.4 Å². The molecule has 15 heavy (non-hydrogen) atoms. The molecular weight excluding hydrogens is 234 g/mol. The molecule has 0 aliphatic rings. The van der Waals surface area contributed by atoms with Crippen LogP contribution in [0.2, 0.25) is 5.02 Å². The third-order valence-electron chi connectivity index (χ3n) is 1.70. The molecule has 1 aromatic rings. The molecule has 0 spiro atoms. The summed E-state index contributed by atoms with van der Waals surface area (Å²) in [5.41, 5.74) is 0.